The molecule has 0 spiro atoms. The van der Waals surface area contributed by atoms with Gasteiger partial charge in [0.15, 0.2) is 0 Å². The Morgan fingerprint density at radius 3 is 2.40 bits per heavy atom. The molecule has 0 N–H and O–H groups in total. The predicted molar refractivity (Wildman–Crippen MR) is 76.3 cm³/mol. The predicted octanol–water partition coefficient (Wildman–Crippen LogP) is 2.03. The summed E-state index contributed by atoms with van der Waals surface area (Å²) in [6.45, 7) is 7.41. The quantitative estimate of drug-likeness (QED) is 0.585. The molecule has 0 aromatic heterocycles. The fourth-order valence-electron chi connectivity index (χ4n) is 2.19. The van der Waals surface area contributed by atoms with Crippen molar-refractivity contribution in [1.82, 2.24) is 9.80 Å². The lowest BCUT2D eigenvalue weighted by Crippen LogP contribution is -2.46. The van der Waals surface area contributed by atoms with Gasteiger partial charge in [-0.3, -0.25) is 4.79 Å². The Morgan fingerprint density at radius 1 is 1.25 bits per heavy atom. The molecule has 0 bridgehead atoms. The summed E-state index contributed by atoms with van der Waals surface area (Å²) in [5.74, 6) is 0.293. The maximum Gasteiger partial charge on any atom is 0.326 e. The molecule has 112 valence electrons. The van der Waals surface area contributed by atoms with Gasteiger partial charge in [-0.15, -0.1) is 0 Å². The molecule has 2 aliphatic rings. The molecule has 0 atom stereocenters. The van der Waals surface area contributed by atoms with Gasteiger partial charge in [0.1, 0.15) is 12.1 Å². The van der Waals surface area contributed by atoms with E-state index in [1.165, 1.54) is 12.8 Å². The van der Waals surface area contributed by atoms with Gasteiger partial charge in [0.05, 0.1) is 0 Å². The van der Waals surface area contributed by atoms with Gasteiger partial charge in [-0.25, -0.2) is 4.79 Å². The number of esters is 1. The van der Waals surface area contributed by atoms with Crippen LogP contribution in [0.1, 0.15) is 33.6 Å². The zero-order valence-electron chi connectivity index (χ0n) is 12.6. The van der Waals surface area contributed by atoms with E-state index in [2.05, 4.69) is 0 Å². The molecule has 2 amide bonds. The molecule has 5 heteroatoms. The molecule has 0 aromatic rings. The number of carbonyl (C=O) groups excluding carboxylic acids is 2. The first kappa shape index (κ1) is 14.9. The lowest BCUT2D eigenvalue weighted by atomic mass is 10.2. The molecule has 2 rings (SSSR count). The van der Waals surface area contributed by atoms with Crippen molar-refractivity contribution >= 4 is 12.0 Å². The first-order valence-corrected chi connectivity index (χ1v) is 7.26. The third-order valence-electron chi connectivity index (χ3n) is 3.27. The second-order valence-corrected chi connectivity index (χ2v) is 6.57. The SMILES string of the molecule is CC(C)(C)OC(=O)CN1CC=CCN(CC2CC2)C1=O. The highest BCUT2D eigenvalue weighted by atomic mass is 16.6. The number of rotatable bonds is 4. The smallest absolute Gasteiger partial charge is 0.326 e. The van der Waals surface area contributed by atoms with Crippen molar-refractivity contribution in [2.75, 3.05) is 26.2 Å². The summed E-state index contributed by atoms with van der Waals surface area (Å²) in [6.07, 6.45) is 6.35. The van der Waals surface area contributed by atoms with E-state index in [-0.39, 0.29) is 18.5 Å². The Kier molecular flexibility index (Phi) is 4.35. The third kappa shape index (κ3) is 4.54. The number of carbonyl (C=O) groups is 2. The van der Waals surface area contributed by atoms with Crippen molar-refractivity contribution in [3.63, 3.8) is 0 Å². The van der Waals surface area contributed by atoms with Gasteiger partial charge in [-0.2, -0.15) is 0 Å². The van der Waals surface area contributed by atoms with Gasteiger partial charge in [-0.1, -0.05) is 12.2 Å². The summed E-state index contributed by atoms with van der Waals surface area (Å²) in [7, 11) is 0. The number of hydrogen-bond acceptors (Lipinski definition) is 3. The molecule has 0 radical (unpaired) electrons. The zero-order valence-corrected chi connectivity index (χ0v) is 12.6. The normalized spacial score (nSPS) is 20.1. The van der Waals surface area contributed by atoms with Crippen LogP contribution in [0, 0.1) is 5.92 Å². The standard InChI is InChI=1S/C15H24N2O3/c1-15(2,3)20-13(18)11-17-9-5-4-8-16(14(17)19)10-12-6-7-12/h4-5,12H,6-11H2,1-3H3. The molecule has 0 aromatic carbocycles. The summed E-state index contributed by atoms with van der Waals surface area (Å²) in [6, 6.07) is -0.0623. The van der Waals surface area contributed by atoms with Crippen LogP contribution in [-0.4, -0.2) is 53.6 Å². The van der Waals surface area contributed by atoms with Crippen LogP contribution >= 0.6 is 0 Å². The second-order valence-electron chi connectivity index (χ2n) is 6.57. The van der Waals surface area contributed by atoms with Crippen LogP contribution < -0.4 is 0 Å². The number of amides is 2. The first-order chi connectivity index (χ1) is 9.35. The minimum absolute atomic E-state index is 0.0155. The lowest BCUT2D eigenvalue weighted by molar-refractivity contribution is -0.155. The van der Waals surface area contributed by atoms with E-state index in [0.717, 1.165) is 6.54 Å². The summed E-state index contributed by atoms with van der Waals surface area (Å²) in [5.41, 5.74) is -0.518. The maximum absolute atomic E-state index is 12.4. The Labute approximate surface area is 120 Å². The van der Waals surface area contributed by atoms with Crippen molar-refractivity contribution in [3.05, 3.63) is 12.2 Å². The highest BCUT2D eigenvalue weighted by Crippen LogP contribution is 2.30. The Morgan fingerprint density at radius 2 is 1.85 bits per heavy atom. The Hall–Kier alpha value is -1.52. The molecule has 0 unspecified atom stereocenters. The fourth-order valence-corrected chi connectivity index (χ4v) is 2.19. The molecule has 1 fully saturated rings. The second kappa shape index (κ2) is 5.85. The first-order valence-electron chi connectivity index (χ1n) is 7.26. The highest BCUT2D eigenvalue weighted by Gasteiger charge is 2.30. The van der Waals surface area contributed by atoms with Gasteiger partial charge < -0.3 is 14.5 Å². The van der Waals surface area contributed by atoms with Gasteiger partial charge in [0.25, 0.3) is 0 Å². The van der Waals surface area contributed by atoms with E-state index in [1.54, 1.807) is 4.90 Å². The van der Waals surface area contributed by atoms with E-state index in [9.17, 15) is 9.59 Å². The summed E-state index contributed by atoms with van der Waals surface area (Å²) >= 11 is 0. The van der Waals surface area contributed by atoms with Crippen molar-refractivity contribution < 1.29 is 14.3 Å². The molecule has 0 saturated heterocycles. The molecule has 1 heterocycles. The van der Waals surface area contributed by atoms with Crippen molar-refractivity contribution in [2.24, 2.45) is 5.92 Å². The van der Waals surface area contributed by atoms with Crippen LogP contribution in [0.15, 0.2) is 12.2 Å². The van der Waals surface area contributed by atoms with Gasteiger partial charge in [0, 0.05) is 19.6 Å². The van der Waals surface area contributed by atoms with Crippen LogP contribution in [0.5, 0.6) is 0 Å². The molecule has 1 aliphatic heterocycles. The molecule has 1 aliphatic carbocycles. The molecule has 20 heavy (non-hydrogen) atoms. The van der Waals surface area contributed by atoms with E-state index in [4.69, 9.17) is 4.74 Å². The fraction of sp³-hybridized carbons (Fsp3) is 0.733. The highest BCUT2D eigenvalue weighted by molar-refractivity contribution is 5.81. The molecule has 1 saturated carbocycles. The monoisotopic (exact) mass is 280 g/mol. The number of hydrogen-bond donors (Lipinski definition) is 0. The van der Waals surface area contributed by atoms with Crippen LogP contribution in [0.25, 0.3) is 0 Å². The number of ether oxygens (including phenoxy) is 1. The topological polar surface area (TPSA) is 49.9 Å². The number of urea groups is 1. The third-order valence-corrected chi connectivity index (χ3v) is 3.27. The van der Waals surface area contributed by atoms with Crippen molar-refractivity contribution in [3.8, 4) is 0 Å². The maximum atomic E-state index is 12.4. The summed E-state index contributed by atoms with van der Waals surface area (Å²) < 4.78 is 5.28. The van der Waals surface area contributed by atoms with E-state index in [1.807, 2.05) is 37.8 Å². The van der Waals surface area contributed by atoms with Crippen molar-refractivity contribution in [2.45, 2.75) is 39.2 Å². The minimum Gasteiger partial charge on any atom is -0.459 e. The van der Waals surface area contributed by atoms with E-state index < -0.39 is 5.60 Å². The largest absolute Gasteiger partial charge is 0.459 e. The molecular weight excluding hydrogens is 256 g/mol. The van der Waals surface area contributed by atoms with Crippen molar-refractivity contribution in [1.29, 1.82) is 0 Å². The number of nitrogens with zero attached hydrogens (tertiary/aromatic N) is 2. The molecular formula is C15H24N2O3. The summed E-state index contributed by atoms with van der Waals surface area (Å²) in [4.78, 5) is 27.7. The lowest BCUT2D eigenvalue weighted by Gasteiger charge is -2.28. The Balaban J connectivity index is 1.92. The van der Waals surface area contributed by atoms with Crippen LogP contribution in [0.4, 0.5) is 4.79 Å². The van der Waals surface area contributed by atoms with Gasteiger partial charge in [-0.05, 0) is 39.5 Å². The molecule has 5 nitrogen and oxygen atoms in total. The van der Waals surface area contributed by atoms with Gasteiger partial charge in [0.2, 0.25) is 0 Å². The zero-order chi connectivity index (χ0) is 14.8. The summed E-state index contributed by atoms with van der Waals surface area (Å²) in [5, 5.41) is 0. The average molecular weight is 280 g/mol. The van der Waals surface area contributed by atoms with Crippen LogP contribution in [0.3, 0.4) is 0 Å². The van der Waals surface area contributed by atoms with E-state index >= 15 is 0 Å². The van der Waals surface area contributed by atoms with Gasteiger partial charge >= 0.3 is 12.0 Å². The van der Waals surface area contributed by atoms with Crippen LogP contribution in [-0.2, 0) is 9.53 Å². The van der Waals surface area contributed by atoms with Crippen LogP contribution in [0.2, 0.25) is 0 Å². The minimum atomic E-state index is -0.518. The average Bonchev–Trinajstić information content (AvgIpc) is 3.12. The van der Waals surface area contributed by atoms with E-state index in [0.29, 0.717) is 19.0 Å². The Bertz CT molecular complexity index is 408.